The Morgan fingerprint density at radius 2 is 2.05 bits per heavy atom. The van der Waals surface area contributed by atoms with E-state index in [1.165, 1.54) is 7.11 Å². The Morgan fingerprint density at radius 1 is 1.23 bits per heavy atom. The summed E-state index contributed by atoms with van der Waals surface area (Å²) >= 11 is 0. The molecular weight excluding hydrogens is 282 g/mol. The number of aliphatic imine (C=N–C) groups is 1. The van der Waals surface area contributed by atoms with Gasteiger partial charge in [-0.15, -0.1) is 0 Å². The van der Waals surface area contributed by atoms with E-state index in [2.05, 4.69) is 4.99 Å². The molecule has 0 radical (unpaired) electrons. The highest BCUT2D eigenvalue weighted by atomic mass is 16.6. The van der Waals surface area contributed by atoms with Gasteiger partial charge in [0.25, 0.3) is 0 Å². The minimum absolute atomic E-state index is 0.0832. The molecule has 1 heterocycles. The van der Waals surface area contributed by atoms with E-state index in [0.29, 0.717) is 24.5 Å². The smallest absolute Gasteiger partial charge is 0.166 e. The molecule has 5 nitrogen and oxygen atoms in total. The van der Waals surface area contributed by atoms with Gasteiger partial charge in [-0.25, -0.2) is 0 Å². The molecule has 0 saturated carbocycles. The molecule has 1 aliphatic heterocycles. The Labute approximate surface area is 128 Å². The third-order valence-electron chi connectivity index (χ3n) is 3.36. The van der Waals surface area contributed by atoms with E-state index in [9.17, 15) is 5.11 Å². The third kappa shape index (κ3) is 2.98. The summed E-state index contributed by atoms with van der Waals surface area (Å²) in [4.78, 5) is 4.33. The number of phenols is 1. The topological polar surface area (TPSA) is 60.3 Å². The average Bonchev–Trinajstić information content (AvgIpc) is 2.56. The fourth-order valence-corrected chi connectivity index (χ4v) is 2.23. The van der Waals surface area contributed by atoms with Crippen molar-refractivity contribution < 1.29 is 19.3 Å². The van der Waals surface area contributed by atoms with Crippen LogP contribution in [0, 0.1) is 0 Å². The minimum Gasteiger partial charge on any atom is -0.504 e. The summed E-state index contributed by atoms with van der Waals surface area (Å²) < 4.78 is 16.5. The SMILES string of the molecule is COc1cccc(C=NC[C@H]2COc3ccccc3O2)c1O. The van der Waals surface area contributed by atoms with Crippen LogP contribution in [-0.2, 0) is 0 Å². The first-order valence-corrected chi connectivity index (χ1v) is 7.02. The maximum absolute atomic E-state index is 9.98. The van der Waals surface area contributed by atoms with Gasteiger partial charge in [-0.05, 0) is 24.3 Å². The van der Waals surface area contributed by atoms with Gasteiger partial charge >= 0.3 is 0 Å². The van der Waals surface area contributed by atoms with Crippen molar-refractivity contribution in [2.45, 2.75) is 6.10 Å². The van der Waals surface area contributed by atoms with Gasteiger partial charge in [-0.2, -0.15) is 0 Å². The van der Waals surface area contributed by atoms with Gasteiger partial charge in [0.05, 0.1) is 13.7 Å². The van der Waals surface area contributed by atoms with Crippen molar-refractivity contribution in [1.29, 1.82) is 0 Å². The van der Waals surface area contributed by atoms with Gasteiger partial charge in [-0.3, -0.25) is 4.99 Å². The molecule has 5 heteroatoms. The molecule has 0 bridgehead atoms. The lowest BCUT2D eigenvalue weighted by molar-refractivity contribution is 0.0973. The van der Waals surface area contributed by atoms with Crippen LogP contribution in [0.4, 0.5) is 0 Å². The summed E-state index contributed by atoms with van der Waals surface area (Å²) in [6.07, 6.45) is 1.47. The maximum atomic E-state index is 9.98. The quantitative estimate of drug-likeness (QED) is 0.882. The van der Waals surface area contributed by atoms with E-state index in [4.69, 9.17) is 14.2 Å². The van der Waals surface area contributed by atoms with Gasteiger partial charge in [0.2, 0.25) is 0 Å². The molecule has 0 unspecified atom stereocenters. The Morgan fingerprint density at radius 3 is 2.86 bits per heavy atom. The normalized spacial score (nSPS) is 16.7. The molecule has 1 N–H and O–H groups in total. The van der Waals surface area contributed by atoms with Crippen molar-refractivity contribution >= 4 is 6.21 Å². The largest absolute Gasteiger partial charge is 0.504 e. The summed E-state index contributed by atoms with van der Waals surface area (Å²) in [7, 11) is 1.51. The molecule has 3 rings (SSSR count). The van der Waals surface area contributed by atoms with Gasteiger partial charge in [0.1, 0.15) is 6.61 Å². The van der Waals surface area contributed by atoms with Crippen molar-refractivity contribution in [3.8, 4) is 23.0 Å². The zero-order valence-corrected chi connectivity index (χ0v) is 12.2. The van der Waals surface area contributed by atoms with Crippen LogP contribution >= 0.6 is 0 Å². The first kappa shape index (κ1) is 14.3. The van der Waals surface area contributed by atoms with Gasteiger partial charge in [0.15, 0.2) is 29.1 Å². The number of hydrogen-bond donors (Lipinski definition) is 1. The third-order valence-corrected chi connectivity index (χ3v) is 3.36. The molecule has 1 aliphatic rings. The number of fused-ring (bicyclic) bond motifs is 1. The van der Waals surface area contributed by atoms with Crippen LogP contribution < -0.4 is 14.2 Å². The van der Waals surface area contributed by atoms with E-state index >= 15 is 0 Å². The molecule has 0 amide bonds. The molecule has 0 aliphatic carbocycles. The van der Waals surface area contributed by atoms with Crippen LogP contribution in [0.3, 0.4) is 0 Å². The Hall–Kier alpha value is -2.69. The Kier molecular flexibility index (Phi) is 4.14. The van der Waals surface area contributed by atoms with Crippen LogP contribution in [-0.4, -0.2) is 37.7 Å². The fourth-order valence-electron chi connectivity index (χ4n) is 2.23. The van der Waals surface area contributed by atoms with Crippen molar-refractivity contribution in [1.82, 2.24) is 0 Å². The van der Waals surface area contributed by atoms with Crippen molar-refractivity contribution in [3.05, 3.63) is 48.0 Å². The molecular formula is C17H17NO4. The predicted octanol–water partition coefficient (Wildman–Crippen LogP) is 2.66. The summed E-state index contributed by atoms with van der Waals surface area (Å²) in [6, 6.07) is 12.8. The Bertz CT molecular complexity index is 684. The number of aromatic hydroxyl groups is 1. The summed E-state index contributed by atoms with van der Waals surface area (Å²) in [5, 5.41) is 9.98. The summed E-state index contributed by atoms with van der Waals surface area (Å²) in [6.45, 7) is 0.906. The zero-order chi connectivity index (χ0) is 15.4. The zero-order valence-electron chi connectivity index (χ0n) is 12.2. The van der Waals surface area contributed by atoms with Crippen molar-refractivity contribution in [2.75, 3.05) is 20.3 Å². The first-order valence-electron chi connectivity index (χ1n) is 7.02. The second-order valence-electron chi connectivity index (χ2n) is 4.89. The molecule has 2 aromatic rings. The Balaban J connectivity index is 1.64. The van der Waals surface area contributed by atoms with Gasteiger partial charge < -0.3 is 19.3 Å². The maximum Gasteiger partial charge on any atom is 0.166 e. The number of benzene rings is 2. The molecule has 22 heavy (non-hydrogen) atoms. The van der Waals surface area contributed by atoms with E-state index in [1.807, 2.05) is 24.3 Å². The lowest BCUT2D eigenvalue weighted by Crippen LogP contribution is -2.31. The number of hydrogen-bond acceptors (Lipinski definition) is 5. The van der Waals surface area contributed by atoms with Crippen LogP contribution in [0.5, 0.6) is 23.0 Å². The van der Waals surface area contributed by atoms with Crippen LogP contribution in [0.15, 0.2) is 47.5 Å². The van der Waals surface area contributed by atoms with E-state index in [1.54, 1.807) is 24.4 Å². The lowest BCUT2D eigenvalue weighted by Gasteiger charge is -2.25. The fraction of sp³-hybridized carbons (Fsp3) is 0.235. The van der Waals surface area contributed by atoms with Crippen LogP contribution in [0.1, 0.15) is 5.56 Å². The number of ether oxygens (including phenoxy) is 3. The number of phenolic OH excluding ortho intramolecular Hbond substituents is 1. The van der Waals surface area contributed by atoms with E-state index < -0.39 is 0 Å². The summed E-state index contributed by atoms with van der Waals surface area (Å²) in [5.41, 5.74) is 0.608. The highest BCUT2D eigenvalue weighted by Crippen LogP contribution is 2.31. The number of methoxy groups -OCH3 is 1. The molecule has 2 aromatic carbocycles. The molecule has 0 saturated heterocycles. The molecule has 0 fully saturated rings. The standard InChI is InChI=1S/C17H17NO4/c1-20-16-8-4-5-12(17(16)19)9-18-10-13-11-21-14-6-2-3-7-15(14)22-13/h2-9,13,19H,10-11H2,1H3/t13-/m0/s1. The molecule has 0 spiro atoms. The second-order valence-corrected chi connectivity index (χ2v) is 4.89. The number of rotatable bonds is 4. The predicted molar refractivity (Wildman–Crippen MR) is 83.5 cm³/mol. The highest BCUT2D eigenvalue weighted by molar-refractivity contribution is 5.84. The monoisotopic (exact) mass is 299 g/mol. The second kappa shape index (κ2) is 6.39. The number of nitrogens with zero attached hydrogens (tertiary/aromatic N) is 1. The van der Waals surface area contributed by atoms with Crippen molar-refractivity contribution in [3.63, 3.8) is 0 Å². The van der Waals surface area contributed by atoms with Gasteiger partial charge in [0, 0.05) is 11.8 Å². The van der Waals surface area contributed by atoms with Crippen molar-refractivity contribution in [2.24, 2.45) is 4.99 Å². The highest BCUT2D eigenvalue weighted by Gasteiger charge is 2.19. The molecule has 1 atom stereocenters. The molecule has 114 valence electrons. The van der Waals surface area contributed by atoms with E-state index in [0.717, 1.165) is 11.5 Å². The van der Waals surface area contributed by atoms with Crippen LogP contribution in [0.2, 0.25) is 0 Å². The minimum atomic E-state index is -0.140. The molecule has 0 aromatic heterocycles. The lowest BCUT2D eigenvalue weighted by atomic mass is 10.2. The summed E-state index contributed by atoms with van der Waals surface area (Å²) in [5.74, 6) is 2.00. The number of para-hydroxylation sites is 3. The van der Waals surface area contributed by atoms with Gasteiger partial charge in [-0.1, -0.05) is 18.2 Å². The van der Waals surface area contributed by atoms with Crippen LogP contribution in [0.25, 0.3) is 0 Å². The average molecular weight is 299 g/mol. The first-order chi connectivity index (χ1) is 10.8. The van der Waals surface area contributed by atoms with E-state index in [-0.39, 0.29) is 11.9 Å².